The average molecular weight is 286 g/mol. The highest BCUT2D eigenvalue weighted by molar-refractivity contribution is 8.00. The van der Waals surface area contributed by atoms with E-state index in [4.69, 9.17) is 9.84 Å². The van der Waals surface area contributed by atoms with E-state index in [-0.39, 0.29) is 19.8 Å². The van der Waals surface area contributed by atoms with Crippen molar-refractivity contribution in [1.29, 1.82) is 0 Å². The van der Waals surface area contributed by atoms with Gasteiger partial charge in [0.2, 0.25) is 0 Å². The predicted molar refractivity (Wildman–Crippen MR) is 77.1 cm³/mol. The van der Waals surface area contributed by atoms with Crippen LogP contribution in [0.2, 0.25) is 0 Å². The molecular formula is C14H22O4S. The van der Waals surface area contributed by atoms with E-state index in [0.717, 1.165) is 5.56 Å². The Morgan fingerprint density at radius 2 is 1.95 bits per heavy atom. The SMILES string of the molecule is CS[C@](CO)(CCO)[C@@H](O)COCc1ccccc1. The van der Waals surface area contributed by atoms with Crippen LogP contribution in [0.1, 0.15) is 12.0 Å². The Labute approximate surface area is 118 Å². The molecule has 0 unspecified atom stereocenters. The summed E-state index contributed by atoms with van der Waals surface area (Å²) in [6.45, 7) is 0.297. The van der Waals surface area contributed by atoms with E-state index in [1.165, 1.54) is 11.8 Å². The van der Waals surface area contributed by atoms with Gasteiger partial charge in [-0.15, -0.1) is 0 Å². The number of rotatable bonds is 9. The number of aliphatic hydroxyl groups is 3. The molecule has 5 heteroatoms. The van der Waals surface area contributed by atoms with Crippen LogP contribution in [0.25, 0.3) is 0 Å². The summed E-state index contributed by atoms with van der Waals surface area (Å²) >= 11 is 1.36. The van der Waals surface area contributed by atoms with Gasteiger partial charge in [0.1, 0.15) is 0 Å². The lowest BCUT2D eigenvalue weighted by molar-refractivity contribution is -0.00905. The Hall–Kier alpha value is -0.590. The molecule has 0 aromatic heterocycles. The van der Waals surface area contributed by atoms with E-state index in [2.05, 4.69) is 0 Å². The Morgan fingerprint density at radius 1 is 1.26 bits per heavy atom. The first-order valence-electron chi connectivity index (χ1n) is 6.25. The fourth-order valence-electron chi connectivity index (χ4n) is 1.86. The Kier molecular flexibility index (Phi) is 7.41. The van der Waals surface area contributed by atoms with Crippen molar-refractivity contribution in [1.82, 2.24) is 0 Å². The summed E-state index contributed by atoms with van der Waals surface area (Å²) in [5.74, 6) is 0. The zero-order valence-electron chi connectivity index (χ0n) is 11.2. The fourth-order valence-corrected chi connectivity index (χ4v) is 2.62. The number of hydrogen-bond acceptors (Lipinski definition) is 5. The first-order valence-corrected chi connectivity index (χ1v) is 7.47. The van der Waals surface area contributed by atoms with Crippen LogP contribution in [0.4, 0.5) is 0 Å². The highest BCUT2D eigenvalue weighted by atomic mass is 32.2. The summed E-state index contributed by atoms with van der Waals surface area (Å²) in [5, 5.41) is 28.6. The van der Waals surface area contributed by atoms with Crippen LogP contribution in [0.15, 0.2) is 30.3 Å². The molecule has 4 nitrogen and oxygen atoms in total. The number of aliphatic hydroxyl groups excluding tert-OH is 3. The minimum Gasteiger partial charge on any atom is -0.396 e. The van der Waals surface area contributed by atoms with Gasteiger partial charge >= 0.3 is 0 Å². The van der Waals surface area contributed by atoms with Gasteiger partial charge in [0.15, 0.2) is 0 Å². The largest absolute Gasteiger partial charge is 0.396 e. The highest BCUT2D eigenvalue weighted by Crippen LogP contribution is 2.30. The minimum atomic E-state index is -0.816. The van der Waals surface area contributed by atoms with E-state index in [1.807, 2.05) is 36.6 Å². The van der Waals surface area contributed by atoms with Crippen LogP contribution < -0.4 is 0 Å². The molecule has 1 aromatic carbocycles. The minimum absolute atomic E-state index is 0.0723. The lowest BCUT2D eigenvalue weighted by Crippen LogP contribution is -2.46. The fraction of sp³-hybridized carbons (Fsp3) is 0.571. The Bertz CT molecular complexity index is 341. The monoisotopic (exact) mass is 286 g/mol. The Balaban J connectivity index is 2.46. The smallest absolute Gasteiger partial charge is 0.0943 e. The number of benzene rings is 1. The van der Waals surface area contributed by atoms with E-state index in [0.29, 0.717) is 13.0 Å². The van der Waals surface area contributed by atoms with Gasteiger partial charge in [-0.25, -0.2) is 0 Å². The molecule has 19 heavy (non-hydrogen) atoms. The van der Waals surface area contributed by atoms with Gasteiger partial charge in [0.05, 0.1) is 30.7 Å². The lowest BCUT2D eigenvalue weighted by atomic mass is 9.99. The second-order valence-electron chi connectivity index (χ2n) is 4.42. The molecular weight excluding hydrogens is 264 g/mol. The highest BCUT2D eigenvalue weighted by Gasteiger charge is 2.36. The summed E-state index contributed by atoms with van der Waals surface area (Å²) in [4.78, 5) is 0. The van der Waals surface area contributed by atoms with Gasteiger partial charge < -0.3 is 20.1 Å². The van der Waals surface area contributed by atoms with Gasteiger partial charge in [-0.2, -0.15) is 11.8 Å². The van der Waals surface area contributed by atoms with E-state index >= 15 is 0 Å². The molecule has 0 fully saturated rings. The first kappa shape index (κ1) is 16.5. The van der Waals surface area contributed by atoms with Gasteiger partial charge in [0.25, 0.3) is 0 Å². The van der Waals surface area contributed by atoms with Crippen molar-refractivity contribution in [2.45, 2.75) is 23.9 Å². The molecule has 108 valence electrons. The molecule has 3 N–H and O–H groups in total. The number of hydrogen-bond donors (Lipinski definition) is 3. The molecule has 0 spiro atoms. The van der Waals surface area contributed by atoms with Gasteiger partial charge in [-0.05, 0) is 18.2 Å². The summed E-state index contributed by atoms with van der Waals surface area (Å²) in [6, 6.07) is 9.70. The second-order valence-corrected chi connectivity index (χ2v) is 5.64. The third kappa shape index (κ3) is 4.78. The standard InChI is InChI=1S/C14H22O4S/c1-19-14(11-16,7-8-15)13(17)10-18-9-12-5-3-2-4-6-12/h2-6,13,15-17H,7-11H2,1H3/t13-,14-/m0/s1. The molecule has 0 aliphatic carbocycles. The molecule has 0 bridgehead atoms. The van der Waals surface area contributed by atoms with Crippen molar-refractivity contribution in [3.63, 3.8) is 0 Å². The normalized spacial score (nSPS) is 16.0. The van der Waals surface area contributed by atoms with Gasteiger partial charge in [0, 0.05) is 6.61 Å². The predicted octanol–water partition coefficient (Wildman–Crippen LogP) is 1.04. The van der Waals surface area contributed by atoms with E-state index in [1.54, 1.807) is 0 Å². The first-order chi connectivity index (χ1) is 9.18. The summed E-state index contributed by atoms with van der Waals surface area (Å²) < 4.78 is 4.72. The van der Waals surface area contributed by atoms with Crippen molar-refractivity contribution < 1.29 is 20.1 Å². The van der Waals surface area contributed by atoms with Crippen LogP contribution in [0, 0.1) is 0 Å². The maximum absolute atomic E-state index is 10.2. The molecule has 0 saturated carbocycles. The molecule has 0 saturated heterocycles. The molecule has 1 aromatic rings. The van der Waals surface area contributed by atoms with Crippen LogP contribution >= 0.6 is 11.8 Å². The van der Waals surface area contributed by atoms with Crippen molar-refractivity contribution >= 4 is 11.8 Å². The van der Waals surface area contributed by atoms with E-state index in [9.17, 15) is 10.2 Å². The lowest BCUT2D eigenvalue weighted by Gasteiger charge is -2.34. The van der Waals surface area contributed by atoms with Crippen LogP contribution in [-0.2, 0) is 11.3 Å². The van der Waals surface area contributed by atoms with Crippen molar-refractivity contribution in [2.24, 2.45) is 0 Å². The number of thioether (sulfide) groups is 1. The third-order valence-electron chi connectivity index (χ3n) is 3.20. The van der Waals surface area contributed by atoms with E-state index < -0.39 is 10.9 Å². The summed E-state index contributed by atoms with van der Waals surface area (Å²) in [6.07, 6.45) is 1.33. The maximum atomic E-state index is 10.2. The summed E-state index contributed by atoms with van der Waals surface area (Å²) in [5.41, 5.74) is 1.04. The molecule has 0 radical (unpaired) electrons. The molecule has 0 aliphatic heterocycles. The molecule has 2 atom stereocenters. The zero-order chi connectivity index (χ0) is 14.1. The van der Waals surface area contributed by atoms with Gasteiger partial charge in [-0.3, -0.25) is 0 Å². The molecule has 0 aliphatic rings. The van der Waals surface area contributed by atoms with Crippen molar-refractivity contribution in [3.8, 4) is 0 Å². The van der Waals surface area contributed by atoms with Crippen LogP contribution in [0.5, 0.6) is 0 Å². The quantitative estimate of drug-likeness (QED) is 0.633. The molecule has 0 amide bonds. The van der Waals surface area contributed by atoms with Crippen LogP contribution in [-0.4, -0.2) is 52.2 Å². The molecule has 1 rings (SSSR count). The van der Waals surface area contributed by atoms with Gasteiger partial charge in [-0.1, -0.05) is 30.3 Å². The van der Waals surface area contributed by atoms with Crippen molar-refractivity contribution in [2.75, 3.05) is 26.1 Å². The third-order valence-corrected chi connectivity index (χ3v) is 4.62. The number of ether oxygens (including phenoxy) is 1. The zero-order valence-corrected chi connectivity index (χ0v) is 12.0. The molecule has 0 heterocycles. The second kappa shape index (κ2) is 8.55. The maximum Gasteiger partial charge on any atom is 0.0943 e. The van der Waals surface area contributed by atoms with Crippen molar-refractivity contribution in [3.05, 3.63) is 35.9 Å². The summed E-state index contributed by atoms with van der Waals surface area (Å²) in [7, 11) is 0. The Morgan fingerprint density at radius 3 is 2.47 bits per heavy atom. The van der Waals surface area contributed by atoms with Crippen LogP contribution in [0.3, 0.4) is 0 Å². The topological polar surface area (TPSA) is 69.9 Å². The average Bonchev–Trinajstić information content (AvgIpc) is 2.46.